The quantitative estimate of drug-likeness (QED) is 0.887. The molecule has 0 saturated carbocycles. The number of ether oxygens (including phenoxy) is 2. The van der Waals surface area contributed by atoms with Crippen molar-refractivity contribution >= 4 is 11.6 Å². The number of nitrogens with two attached hydrogens (primary N) is 1. The third-order valence-corrected chi connectivity index (χ3v) is 3.61. The van der Waals surface area contributed by atoms with Gasteiger partial charge in [-0.3, -0.25) is 4.79 Å². The number of anilines is 1. The summed E-state index contributed by atoms with van der Waals surface area (Å²) in [7, 11) is 1.62. The van der Waals surface area contributed by atoms with Gasteiger partial charge in [0.05, 0.1) is 19.3 Å². The molecule has 1 aliphatic heterocycles. The van der Waals surface area contributed by atoms with Gasteiger partial charge >= 0.3 is 0 Å². The van der Waals surface area contributed by atoms with Crippen LogP contribution in [0.2, 0.25) is 0 Å². The van der Waals surface area contributed by atoms with E-state index in [0.717, 1.165) is 24.3 Å². The van der Waals surface area contributed by atoms with Crippen LogP contribution in [-0.2, 0) is 9.53 Å². The average molecular weight is 278 g/mol. The summed E-state index contributed by atoms with van der Waals surface area (Å²) in [6.07, 6.45) is 1.73. The van der Waals surface area contributed by atoms with E-state index in [1.807, 2.05) is 31.2 Å². The first-order chi connectivity index (χ1) is 9.58. The highest BCUT2D eigenvalue weighted by atomic mass is 16.5. The fourth-order valence-corrected chi connectivity index (χ4v) is 2.42. The van der Waals surface area contributed by atoms with E-state index in [2.05, 4.69) is 0 Å². The van der Waals surface area contributed by atoms with Crippen molar-refractivity contribution in [3.8, 4) is 5.75 Å². The van der Waals surface area contributed by atoms with E-state index in [4.69, 9.17) is 15.2 Å². The van der Waals surface area contributed by atoms with Gasteiger partial charge in [-0.05, 0) is 38.4 Å². The fraction of sp³-hybridized carbons (Fsp3) is 0.533. The smallest absolute Gasteiger partial charge is 0.253 e. The highest BCUT2D eigenvalue weighted by molar-refractivity contribution is 5.95. The Hall–Kier alpha value is -1.59. The predicted molar refractivity (Wildman–Crippen MR) is 78.0 cm³/mol. The first-order valence-corrected chi connectivity index (χ1v) is 6.86. The summed E-state index contributed by atoms with van der Waals surface area (Å²) in [5.41, 5.74) is 6.07. The SMILES string of the molecule is COc1cccc(N2CC(C)(CCCN)OCC2=O)c1. The Bertz CT molecular complexity index is 478. The van der Waals surface area contributed by atoms with Crippen molar-refractivity contribution in [3.63, 3.8) is 0 Å². The molecule has 1 atom stereocenters. The number of methoxy groups -OCH3 is 1. The zero-order valence-electron chi connectivity index (χ0n) is 12.1. The summed E-state index contributed by atoms with van der Waals surface area (Å²) < 4.78 is 10.9. The second-order valence-electron chi connectivity index (χ2n) is 5.31. The van der Waals surface area contributed by atoms with Crippen LogP contribution in [0.3, 0.4) is 0 Å². The highest BCUT2D eigenvalue weighted by Crippen LogP contribution is 2.29. The Kier molecular flexibility index (Phi) is 4.62. The van der Waals surface area contributed by atoms with E-state index in [-0.39, 0.29) is 18.1 Å². The monoisotopic (exact) mass is 278 g/mol. The molecule has 5 heteroatoms. The lowest BCUT2D eigenvalue weighted by molar-refractivity contribution is -0.137. The van der Waals surface area contributed by atoms with Crippen molar-refractivity contribution < 1.29 is 14.3 Å². The van der Waals surface area contributed by atoms with Crippen LogP contribution in [0.25, 0.3) is 0 Å². The predicted octanol–water partition coefficient (Wildman–Crippen LogP) is 1.56. The van der Waals surface area contributed by atoms with Crippen LogP contribution >= 0.6 is 0 Å². The average Bonchev–Trinajstić information content (AvgIpc) is 2.48. The molecule has 0 bridgehead atoms. The molecule has 1 aromatic rings. The molecule has 0 aromatic heterocycles. The van der Waals surface area contributed by atoms with E-state index in [9.17, 15) is 4.79 Å². The standard InChI is InChI=1S/C15H22N2O3/c1-15(7-4-8-16)11-17(14(18)10-20-15)12-5-3-6-13(9-12)19-2/h3,5-6,9H,4,7-8,10-11,16H2,1-2H3. The second-order valence-corrected chi connectivity index (χ2v) is 5.31. The molecule has 20 heavy (non-hydrogen) atoms. The number of hydrogen-bond acceptors (Lipinski definition) is 4. The fourth-order valence-electron chi connectivity index (χ4n) is 2.42. The second kappa shape index (κ2) is 6.24. The first-order valence-electron chi connectivity index (χ1n) is 6.86. The van der Waals surface area contributed by atoms with Gasteiger partial charge in [-0.15, -0.1) is 0 Å². The van der Waals surface area contributed by atoms with Crippen molar-refractivity contribution in [2.75, 3.05) is 31.7 Å². The molecule has 1 unspecified atom stereocenters. The summed E-state index contributed by atoms with van der Waals surface area (Å²) in [5, 5.41) is 0. The Morgan fingerprint density at radius 2 is 2.30 bits per heavy atom. The lowest BCUT2D eigenvalue weighted by Crippen LogP contribution is -2.53. The Labute approximate surface area is 119 Å². The summed E-state index contributed by atoms with van der Waals surface area (Å²) >= 11 is 0. The Balaban J connectivity index is 2.18. The molecule has 0 spiro atoms. The summed E-state index contributed by atoms with van der Waals surface area (Å²) in [4.78, 5) is 13.9. The number of carbonyl (C=O) groups is 1. The van der Waals surface area contributed by atoms with E-state index >= 15 is 0 Å². The molecule has 0 aliphatic carbocycles. The number of amides is 1. The number of hydrogen-bond donors (Lipinski definition) is 1. The summed E-state index contributed by atoms with van der Waals surface area (Å²) in [6.45, 7) is 3.31. The van der Waals surface area contributed by atoms with Crippen molar-refractivity contribution in [1.29, 1.82) is 0 Å². The van der Waals surface area contributed by atoms with Gasteiger partial charge in [-0.25, -0.2) is 0 Å². The van der Waals surface area contributed by atoms with Gasteiger partial charge in [0.15, 0.2) is 0 Å². The summed E-state index contributed by atoms with van der Waals surface area (Å²) in [5.74, 6) is 0.717. The maximum atomic E-state index is 12.1. The maximum Gasteiger partial charge on any atom is 0.253 e. The molecule has 2 N–H and O–H groups in total. The first kappa shape index (κ1) is 14.8. The van der Waals surface area contributed by atoms with Crippen molar-refractivity contribution in [1.82, 2.24) is 0 Å². The van der Waals surface area contributed by atoms with Crippen LogP contribution in [0.5, 0.6) is 5.75 Å². The zero-order chi connectivity index (χ0) is 14.6. The minimum absolute atomic E-state index is 0.0246. The lowest BCUT2D eigenvalue weighted by atomic mass is 9.97. The van der Waals surface area contributed by atoms with E-state index in [1.165, 1.54) is 0 Å². The van der Waals surface area contributed by atoms with Crippen LogP contribution in [0, 0.1) is 0 Å². The van der Waals surface area contributed by atoms with Gasteiger partial charge in [0.2, 0.25) is 0 Å². The van der Waals surface area contributed by atoms with E-state index < -0.39 is 0 Å². The summed E-state index contributed by atoms with van der Waals surface area (Å²) in [6, 6.07) is 7.53. The third kappa shape index (κ3) is 3.29. The van der Waals surface area contributed by atoms with Crippen LogP contribution in [0.4, 0.5) is 5.69 Å². The number of benzene rings is 1. The Morgan fingerprint density at radius 1 is 1.50 bits per heavy atom. The lowest BCUT2D eigenvalue weighted by Gasteiger charge is -2.40. The maximum absolute atomic E-state index is 12.1. The van der Waals surface area contributed by atoms with Crippen LogP contribution < -0.4 is 15.4 Å². The van der Waals surface area contributed by atoms with E-state index in [1.54, 1.807) is 12.0 Å². The van der Waals surface area contributed by atoms with Gasteiger partial charge < -0.3 is 20.1 Å². The number of nitrogens with zero attached hydrogens (tertiary/aromatic N) is 1. The molecule has 110 valence electrons. The minimum Gasteiger partial charge on any atom is -0.497 e. The molecule has 2 rings (SSSR count). The van der Waals surface area contributed by atoms with Crippen LogP contribution in [0.15, 0.2) is 24.3 Å². The van der Waals surface area contributed by atoms with E-state index in [0.29, 0.717) is 13.1 Å². The van der Waals surface area contributed by atoms with Gasteiger partial charge in [0.25, 0.3) is 5.91 Å². The molecule has 1 aromatic carbocycles. The molecule has 1 amide bonds. The number of rotatable bonds is 5. The van der Waals surface area contributed by atoms with Gasteiger partial charge in [-0.2, -0.15) is 0 Å². The molecule has 1 heterocycles. The van der Waals surface area contributed by atoms with Crippen LogP contribution in [0.1, 0.15) is 19.8 Å². The largest absolute Gasteiger partial charge is 0.497 e. The number of carbonyl (C=O) groups excluding carboxylic acids is 1. The molecule has 1 saturated heterocycles. The molecule has 1 aliphatic rings. The topological polar surface area (TPSA) is 64.8 Å². The van der Waals surface area contributed by atoms with Gasteiger partial charge in [0.1, 0.15) is 12.4 Å². The third-order valence-electron chi connectivity index (χ3n) is 3.61. The van der Waals surface area contributed by atoms with Gasteiger partial charge in [0, 0.05) is 11.8 Å². The molecular weight excluding hydrogens is 256 g/mol. The van der Waals surface area contributed by atoms with Crippen molar-refractivity contribution in [3.05, 3.63) is 24.3 Å². The molecule has 0 radical (unpaired) electrons. The molecule has 1 fully saturated rings. The highest BCUT2D eigenvalue weighted by Gasteiger charge is 2.36. The molecular formula is C15H22N2O3. The van der Waals surface area contributed by atoms with Crippen molar-refractivity contribution in [2.45, 2.75) is 25.4 Å². The number of morpholine rings is 1. The Morgan fingerprint density at radius 3 is 3.00 bits per heavy atom. The zero-order valence-corrected chi connectivity index (χ0v) is 12.1. The molecule has 5 nitrogen and oxygen atoms in total. The van der Waals surface area contributed by atoms with Crippen LogP contribution in [-0.4, -0.2) is 38.3 Å². The normalized spacial score (nSPS) is 22.9. The minimum atomic E-state index is -0.337. The van der Waals surface area contributed by atoms with Crippen molar-refractivity contribution in [2.24, 2.45) is 5.73 Å². The van der Waals surface area contributed by atoms with Gasteiger partial charge in [-0.1, -0.05) is 6.07 Å².